The molecule has 9 nitrogen and oxygen atoms in total. The van der Waals surface area contributed by atoms with Crippen LogP contribution >= 0.6 is 0 Å². The quantitative estimate of drug-likeness (QED) is 0.478. The minimum atomic E-state index is -0.691. The van der Waals surface area contributed by atoms with Crippen LogP contribution in [0.4, 0.5) is 16.2 Å². The molecule has 1 saturated heterocycles. The summed E-state index contributed by atoms with van der Waals surface area (Å²) in [6.45, 7) is 5.04. The largest absolute Gasteiger partial charge is 0.453 e. The highest BCUT2D eigenvalue weighted by Crippen LogP contribution is 2.38. The van der Waals surface area contributed by atoms with Gasteiger partial charge in [0.1, 0.15) is 6.54 Å². The van der Waals surface area contributed by atoms with E-state index in [-0.39, 0.29) is 37.0 Å². The van der Waals surface area contributed by atoms with Gasteiger partial charge in [0.25, 0.3) is 0 Å². The van der Waals surface area contributed by atoms with E-state index in [1.165, 1.54) is 23.3 Å². The molecule has 200 valence electrons. The Hall–Kier alpha value is -3.59. The lowest BCUT2D eigenvalue weighted by Gasteiger charge is -2.30. The van der Waals surface area contributed by atoms with E-state index >= 15 is 0 Å². The van der Waals surface area contributed by atoms with Crippen molar-refractivity contribution in [2.24, 2.45) is 0 Å². The van der Waals surface area contributed by atoms with E-state index in [9.17, 15) is 14.4 Å². The number of nitrogens with zero attached hydrogens (tertiary/aromatic N) is 2. The summed E-state index contributed by atoms with van der Waals surface area (Å²) >= 11 is 0. The summed E-state index contributed by atoms with van der Waals surface area (Å²) in [4.78, 5) is 40.2. The van der Waals surface area contributed by atoms with Crippen LogP contribution in [0.15, 0.2) is 48.5 Å². The average Bonchev–Trinajstić information content (AvgIpc) is 3.36. The van der Waals surface area contributed by atoms with Crippen LogP contribution in [0.1, 0.15) is 43.9 Å². The molecule has 0 aliphatic carbocycles. The Balaban J connectivity index is 1.65. The predicted octanol–water partition coefficient (Wildman–Crippen LogP) is 3.75. The van der Waals surface area contributed by atoms with E-state index < -0.39 is 6.09 Å². The predicted molar refractivity (Wildman–Crippen MR) is 144 cm³/mol. The van der Waals surface area contributed by atoms with Crippen molar-refractivity contribution in [1.82, 2.24) is 10.2 Å². The molecule has 2 atom stereocenters. The third-order valence-electron chi connectivity index (χ3n) is 6.61. The second kappa shape index (κ2) is 13.6. The van der Waals surface area contributed by atoms with Gasteiger partial charge in [-0.05, 0) is 54.7 Å². The first kappa shape index (κ1) is 28.0. The number of methoxy groups -OCH3 is 2. The summed E-state index contributed by atoms with van der Waals surface area (Å²) in [5.41, 5.74) is 4.23. The molecule has 9 heteroatoms. The topological polar surface area (TPSA) is 100 Å². The molecule has 0 unspecified atom stereocenters. The number of ether oxygens (including phenoxy) is 2. The van der Waals surface area contributed by atoms with Gasteiger partial charge < -0.3 is 29.9 Å². The molecule has 0 aromatic heterocycles. The van der Waals surface area contributed by atoms with Gasteiger partial charge in [-0.15, -0.1) is 0 Å². The molecular formula is C28H38N4O5. The van der Waals surface area contributed by atoms with Crippen LogP contribution in [0.3, 0.4) is 0 Å². The zero-order chi connectivity index (χ0) is 26.8. The van der Waals surface area contributed by atoms with E-state index in [2.05, 4.69) is 51.5 Å². The highest BCUT2D eigenvalue weighted by molar-refractivity contribution is 5.95. The lowest BCUT2D eigenvalue weighted by molar-refractivity contribution is -0.133. The standard InChI is InChI=1S/C28H38N4O5/c1-5-16-31(26(34)18-29-28(35)37-4)19-25(33)30-22-11-9-21(10-12-22)27-24(36-3)15-17-32(27)23-13-7-20(6-2)8-14-23/h7-14,24,27H,5-6,15-19H2,1-4H3,(H,29,35)(H,30,33)/t24-,27-/m0/s1. The first-order chi connectivity index (χ1) is 17.9. The third-order valence-corrected chi connectivity index (χ3v) is 6.61. The fourth-order valence-electron chi connectivity index (χ4n) is 4.65. The number of anilines is 2. The Morgan fingerprint density at radius 2 is 1.73 bits per heavy atom. The number of rotatable bonds is 11. The van der Waals surface area contributed by atoms with Crippen LogP contribution in [0.2, 0.25) is 0 Å². The van der Waals surface area contributed by atoms with Crippen molar-refractivity contribution in [2.75, 3.05) is 50.6 Å². The summed E-state index contributed by atoms with van der Waals surface area (Å²) in [5, 5.41) is 5.23. The Morgan fingerprint density at radius 3 is 2.32 bits per heavy atom. The molecule has 2 aromatic rings. The molecule has 0 radical (unpaired) electrons. The molecule has 1 heterocycles. The second-order valence-corrected chi connectivity index (χ2v) is 9.05. The number of alkyl carbamates (subject to hydrolysis) is 1. The highest BCUT2D eigenvalue weighted by Gasteiger charge is 2.35. The van der Waals surface area contributed by atoms with Crippen LogP contribution in [-0.2, 0) is 25.5 Å². The van der Waals surface area contributed by atoms with E-state index in [0.717, 1.165) is 24.9 Å². The number of aryl methyl sites for hydroxylation is 1. The van der Waals surface area contributed by atoms with E-state index in [1.54, 1.807) is 7.11 Å². The highest BCUT2D eigenvalue weighted by atomic mass is 16.5. The van der Waals surface area contributed by atoms with Gasteiger partial charge in [0, 0.05) is 31.6 Å². The van der Waals surface area contributed by atoms with Crippen molar-refractivity contribution in [3.8, 4) is 0 Å². The number of hydrogen-bond donors (Lipinski definition) is 2. The maximum absolute atomic E-state index is 12.7. The number of benzene rings is 2. The van der Waals surface area contributed by atoms with Crippen LogP contribution in [0.25, 0.3) is 0 Å². The summed E-state index contributed by atoms with van der Waals surface area (Å²) in [6, 6.07) is 16.5. The van der Waals surface area contributed by atoms with Crippen LogP contribution in [-0.4, -0.2) is 69.3 Å². The molecule has 37 heavy (non-hydrogen) atoms. The molecule has 1 aliphatic rings. The normalized spacial score (nSPS) is 16.8. The molecule has 1 fully saturated rings. The fourth-order valence-corrected chi connectivity index (χ4v) is 4.65. The van der Waals surface area contributed by atoms with Crippen LogP contribution < -0.4 is 15.5 Å². The van der Waals surface area contributed by atoms with Gasteiger partial charge in [0.2, 0.25) is 11.8 Å². The Bertz CT molecular complexity index is 1040. The zero-order valence-electron chi connectivity index (χ0n) is 22.2. The lowest BCUT2D eigenvalue weighted by atomic mass is 10.0. The first-order valence-electron chi connectivity index (χ1n) is 12.8. The fraction of sp³-hybridized carbons (Fsp3) is 0.464. The number of amides is 3. The van der Waals surface area contributed by atoms with E-state index in [1.807, 2.05) is 31.2 Å². The maximum atomic E-state index is 12.7. The van der Waals surface area contributed by atoms with Gasteiger partial charge in [-0.2, -0.15) is 0 Å². The average molecular weight is 511 g/mol. The van der Waals surface area contributed by atoms with Crippen LogP contribution in [0.5, 0.6) is 0 Å². The number of hydrogen-bond acceptors (Lipinski definition) is 6. The first-order valence-corrected chi connectivity index (χ1v) is 12.8. The second-order valence-electron chi connectivity index (χ2n) is 9.05. The van der Waals surface area contributed by atoms with Crippen molar-refractivity contribution in [1.29, 1.82) is 0 Å². The summed E-state index contributed by atoms with van der Waals surface area (Å²) in [6.07, 6.45) is 2.00. The SMILES string of the molecule is CCCN(CC(=O)Nc1ccc([C@H]2[C@@H](OC)CCN2c2ccc(CC)cc2)cc1)C(=O)CNC(=O)OC. The Kier molecular flexibility index (Phi) is 10.3. The molecule has 2 N–H and O–H groups in total. The van der Waals surface area contributed by atoms with Crippen molar-refractivity contribution in [2.45, 2.75) is 45.3 Å². The molecule has 0 saturated carbocycles. The Morgan fingerprint density at radius 1 is 1.03 bits per heavy atom. The Labute approximate surface area is 219 Å². The molecule has 1 aliphatic heterocycles. The minimum absolute atomic E-state index is 0.0681. The lowest BCUT2D eigenvalue weighted by Crippen LogP contribution is -2.44. The van der Waals surface area contributed by atoms with E-state index in [4.69, 9.17) is 4.74 Å². The van der Waals surface area contributed by atoms with Crippen molar-refractivity contribution >= 4 is 29.3 Å². The van der Waals surface area contributed by atoms with E-state index in [0.29, 0.717) is 18.7 Å². The van der Waals surface area contributed by atoms with Crippen molar-refractivity contribution < 1.29 is 23.9 Å². The molecular weight excluding hydrogens is 472 g/mol. The number of carbonyl (C=O) groups excluding carboxylic acids is 3. The summed E-state index contributed by atoms with van der Waals surface area (Å²) in [5.74, 6) is -0.655. The summed E-state index contributed by atoms with van der Waals surface area (Å²) < 4.78 is 10.3. The molecule has 3 rings (SSSR count). The van der Waals surface area contributed by atoms with Crippen molar-refractivity contribution in [3.05, 3.63) is 59.7 Å². The van der Waals surface area contributed by atoms with Gasteiger partial charge in [-0.3, -0.25) is 9.59 Å². The van der Waals surface area contributed by atoms with Gasteiger partial charge >= 0.3 is 6.09 Å². The van der Waals surface area contributed by atoms with Gasteiger partial charge in [-0.25, -0.2) is 4.79 Å². The minimum Gasteiger partial charge on any atom is -0.453 e. The smallest absolute Gasteiger partial charge is 0.407 e. The van der Waals surface area contributed by atoms with Crippen LogP contribution in [0, 0.1) is 0 Å². The molecule has 0 bridgehead atoms. The molecule has 2 aromatic carbocycles. The zero-order valence-corrected chi connectivity index (χ0v) is 22.2. The molecule has 0 spiro atoms. The maximum Gasteiger partial charge on any atom is 0.407 e. The summed E-state index contributed by atoms with van der Waals surface area (Å²) in [7, 11) is 2.98. The monoisotopic (exact) mass is 510 g/mol. The molecule has 3 amide bonds. The number of nitrogens with one attached hydrogen (secondary N) is 2. The third kappa shape index (κ3) is 7.45. The van der Waals surface area contributed by atoms with Gasteiger partial charge in [0.05, 0.1) is 25.8 Å². The van der Waals surface area contributed by atoms with Gasteiger partial charge in [0.15, 0.2) is 0 Å². The van der Waals surface area contributed by atoms with Crippen molar-refractivity contribution in [3.63, 3.8) is 0 Å². The number of carbonyl (C=O) groups is 3. The van der Waals surface area contributed by atoms with Gasteiger partial charge in [-0.1, -0.05) is 38.1 Å².